The van der Waals surface area contributed by atoms with Gasteiger partial charge in [0, 0.05) is 19.3 Å². The average molecular weight is 290 g/mol. The van der Waals surface area contributed by atoms with Crippen molar-refractivity contribution in [1.29, 1.82) is 0 Å². The molecule has 0 bridgehead atoms. The molecular formula is C17H26O2Si. The highest BCUT2D eigenvalue weighted by Crippen LogP contribution is 2.39. The van der Waals surface area contributed by atoms with Gasteiger partial charge in [0.1, 0.15) is 6.29 Å². The van der Waals surface area contributed by atoms with Gasteiger partial charge in [-0.15, -0.1) is 0 Å². The number of hydrogen-bond donors (Lipinski definition) is 0. The van der Waals surface area contributed by atoms with Crippen LogP contribution in [-0.4, -0.2) is 20.2 Å². The largest absolute Gasteiger partial charge is 0.410 e. The second kappa shape index (κ2) is 6.23. The molecule has 0 amide bonds. The molecule has 0 saturated carbocycles. The second-order valence-corrected chi connectivity index (χ2v) is 10.7. The van der Waals surface area contributed by atoms with Crippen LogP contribution in [-0.2, 0) is 22.1 Å². The summed E-state index contributed by atoms with van der Waals surface area (Å²) in [5.74, 6) is 0. The number of carbonyl (C=O) groups excluding carboxylic acids is 1. The van der Waals surface area contributed by atoms with E-state index in [-0.39, 0.29) is 5.60 Å². The fourth-order valence-corrected chi connectivity index (χ4v) is 6.57. The van der Waals surface area contributed by atoms with Gasteiger partial charge >= 0.3 is 0 Å². The first-order valence-electron chi connectivity index (χ1n) is 7.83. The van der Waals surface area contributed by atoms with Crippen molar-refractivity contribution in [2.75, 3.05) is 0 Å². The quantitative estimate of drug-likeness (QED) is 0.557. The molecule has 0 atom stereocenters. The lowest BCUT2D eigenvalue weighted by Crippen LogP contribution is -2.48. The van der Waals surface area contributed by atoms with Gasteiger partial charge in [-0.1, -0.05) is 45.0 Å². The summed E-state index contributed by atoms with van der Waals surface area (Å²) in [6, 6.07) is 11.9. The zero-order valence-corrected chi connectivity index (χ0v) is 13.9. The van der Waals surface area contributed by atoms with E-state index < -0.39 is 8.32 Å². The zero-order chi connectivity index (χ0) is 14.6. The maximum atomic E-state index is 11.2. The molecule has 110 valence electrons. The summed E-state index contributed by atoms with van der Waals surface area (Å²) in [6.07, 6.45) is 3.37. The van der Waals surface area contributed by atoms with E-state index in [1.807, 2.05) is 0 Å². The van der Waals surface area contributed by atoms with Crippen molar-refractivity contribution in [2.45, 2.75) is 63.8 Å². The molecule has 0 unspecified atom stereocenters. The molecule has 3 heteroatoms. The van der Waals surface area contributed by atoms with Crippen LogP contribution < -0.4 is 0 Å². The van der Waals surface area contributed by atoms with Crippen LogP contribution in [0.4, 0.5) is 0 Å². The highest BCUT2D eigenvalue weighted by molar-refractivity contribution is 6.73. The van der Waals surface area contributed by atoms with Gasteiger partial charge in [-0.2, -0.15) is 0 Å². The van der Waals surface area contributed by atoms with E-state index in [4.69, 9.17) is 4.43 Å². The van der Waals surface area contributed by atoms with Crippen LogP contribution in [0.1, 0.15) is 38.3 Å². The van der Waals surface area contributed by atoms with E-state index in [2.05, 4.69) is 45.0 Å². The van der Waals surface area contributed by atoms with Crippen molar-refractivity contribution in [2.24, 2.45) is 0 Å². The fourth-order valence-electron chi connectivity index (χ4n) is 3.49. The Hall–Kier alpha value is -0.933. The lowest BCUT2D eigenvalue weighted by Gasteiger charge is -2.39. The summed E-state index contributed by atoms with van der Waals surface area (Å²) >= 11 is 0. The summed E-state index contributed by atoms with van der Waals surface area (Å²) in [6.45, 7) is 6.74. The van der Waals surface area contributed by atoms with Crippen LogP contribution >= 0.6 is 0 Å². The molecule has 2 nitrogen and oxygen atoms in total. The highest BCUT2D eigenvalue weighted by Gasteiger charge is 2.44. The van der Waals surface area contributed by atoms with E-state index in [0.29, 0.717) is 6.42 Å². The standard InChI is InChI=1S/C17H26O2Si/c1-4-20(5-2,6-3)19-17(11-12-18)13-15-9-7-8-10-16(15)14-17/h7-10,12H,4-6,11,13-14H2,1-3H3. The minimum Gasteiger partial charge on any atom is -0.410 e. The van der Waals surface area contributed by atoms with Crippen LogP contribution in [0, 0.1) is 0 Å². The van der Waals surface area contributed by atoms with Gasteiger partial charge in [-0.25, -0.2) is 0 Å². The van der Waals surface area contributed by atoms with Crippen molar-refractivity contribution < 1.29 is 9.22 Å². The Morgan fingerprint density at radius 1 is 1.10 bits per heavy atom. The number of fused-ring (bicyclic) bond motifs is 1. The Bertz CT molecular complexity index is 433. The topological polar surface area (TPSA) is 26.3 Å². The summed E-state index contributed by atoms with van der Waals surface area (Å²) in [7, 11) is -1.69. The van der Waals surface area contributed by atoms with E-state index in [9.17, 15) is 4.79 Å². The first-order valence-corrected chi connectivity index (χ1v) is 10.4. The van der Waals surface area contributed by atoms with Gasteiger partial charge in [-0.3, -0.25) is 0 Å². The SMILES string of the molecule is CC[Si](CC)(CC)OC1(CC=O)Cc2ccccc2C1. The summed E-state index contributed by atoms with van der Waals surface area (Å²) < 4.78 is 6.76. The summed E-state index contributed by atoms with van der Waals surface area (Å²) in [4.78, 5) is 11.2. The fraction of sp³-hybridized carbons (Fsp3) is 0.588. The molecule has 1 aliphatic rings. The molecule has 0 saturated heterocycles. The van der Waals surface area contributed by atoms with E-state index >= 15 is 0 Å². The molecule has 0 spiro atoms. The van der Waals surface area contributed by atoms with Crippen molar-refractivity contribution in [1.82, 2.24) is 0 Å². The Labute approximate surface area is 123 Å². The van der Waals surface area contributed by atoms with Gasteiger partial charge in [0.2, 0.25) is 0 Å². The molecule has 0 N–H and O–H groups in total. The van der Waals surface area contributed by atoms with Gasteiger partial charge in [0.05, 0.1) is 5.60 Å². The van der Waals surface area contributed by atoms with Gasteiger partial charge in [0.15, 0.2) is 8.32 Å². The number of hydrogen-bond acceptors (Lipinski definition) is 2. The first-order chi connectivity index (χ1) is 9.62. The molecular weight excluding hydrogens is 264 g/mol. The van der Waals surface area contributed by atoms with Crippen LogP contribution in [0.15, 0.2) is 24.3 Å². The average Bonchev–Trinajstić information content (AvgIpc) is 2.83. The molecule has 2 rings (SSSR count). The van der Waals surface area contributed by atoms with Crippen molar-refractivity contribution in [3.05, 3.63) is 35.4 Å². The van der Waals surface area contributed by atoms with Crippen LogP contribution in [0.2, 0.25) is 18.1 Å². The molecule has 0 radical (unpaired) electrons. The Morgan fingerprint density at radius 2 is 1.60 bits per heavy atom. The van der Waals surface area contributed by atoms with Crippen molar-refractivity contribution in [3.8, 4) is 0 Å². The van der Waals surface area contributed by atoms with Crippen molar-refractivity contribution in [3.63, 3.8) is 0 Å². The monoisotopic (exact) mass is 290 g/mol. The van der Waals surface area contributed by atoms with Gasteiger partial charge < -0.3 is 9.22 Å². The normalized spacial score (nSPS) is 16.9. The lowest BCUT2D eigenvalue weighted by molar-refractivity contribution is -0.111. The van der Waals surface area contributed by atoms with Gasteiger partial charge in [0.25, 0.3) is 0 Å². The molecule has 1 aromatic carbocycles. The number of aldehydes is 1. The number of rotatable bonds is 7. The third-order valence-corrected chi connectivity index (χ3v) is 9.70. The molecule has 1 aliphatic carbocycles. The van der Waals surface area contributed by atoms with Crippen LogP contribution in [0.25, 0.3) is 0 Å². The molecule has 20 heavy (non-hydrogen) atoms. The maximum absolute atomic E-state index is 11.2. The van der Waals surface area contributed by atoms with Crippen molar-refractivity contribution >= 4 is 14.6 Å². The van der Waals surface area contributed by atoms with E-state index in [0.717, 1.165) is 37.3 Å². The Morgan fingerprint density at radius 3 is 2.00 bits per heavy atom. The van der Waals surface area contributed by atoms with Crippen LogP contribution in [0.3, 0.4) is 0 Å². The third-order valence-electron chi connectivity index (χ3n) is 4.96. The summed E-state index contributed by atoms with van der Waals surface area (Å²) in [5, 5.41) is 0. The molecule has 0 aliphatic heterocycles. The molecule has 0 aromatic heterocycles. The maximum Gasteiger partial charge on any atom is 0.192 e. The minimum absolute atomic E-state index is 0.264. The summed E-state index contributed by atoms with van der Waals surface area (Å²) in [5.41, 5.74) is 2.46. The smallest absolute Gasteiger partial charge is 0.192 e. The van der Waals surface area contributed by atoms with Gasteiger partial charge in [-0.05, 0) is 29.3 Å². The predicted molar refractivity (Wildman–Crippen MR) is 85.5 cm³/mol. The zero-order valence-electron chi connectivity index (χ0n) is 12.9. The van der Waals surface area contributed by atoms with Crippen LogP contribution in [0.5, 0.6) is 0 Å². The number of benzene rings is 1. The second-order valence-electron chi connectivity index (χ2n) is 6.02. The lowest BCUT2D eigenvalue weighted by atomic mass is 9.97. The molecule has 0 heterocycles. The molecule has 0 fully saturated rings. The minimum atomic E-state index is -1.69. The molecule has 1 aromatic rings. The number of carbonyl (C=O) groups is 1. The van der Waals surface area contributed by atoms with E-state index in [1.165, 1.54) is 11.1 Å². The third kappa shape index (κ3) is 2.89. The highest BCUT2D eigenvalue weighted by atomic mass is 28.4. The van der Waals surface area contributed by atoms with E-state index in [1.54, 1.807) is 0 Å². The first kappa shape index (κ1) is 15.5. The Kier molecular flexibility index (Phi) is 4.81. The Balaban J connectivity index is 2.27. The predicted octanol–water partition coefficient (Wildman–Crippen LogP) is 4.13.